The molecule has 2 saturated heterocycles. The van der Waals surface area contributed by atoms with Crippen LogP contribution in [0.1, 0.15) is 65.4 Å². The van der Waals surface area contributed by atoms with E-state index in [4.69, 9.17) is 9.47 Å². The fourth-order valence-corrected chi connectivity index (χ4v) is 4.36. The third-order valence-corrected chi connectivity index (χ3v) is 5.33. The number of aliphatic hydroxyl groups is 1. The molecule has 6 heteroatoms. The van der Waals surface area contributed by atoms with Crippen molar-refractivity contribution in [2.75, 3.05) is 6.61 Å². The number of benzene rings is 1. The second-order valence-electron chi connectivity index (χ2n) is 8.67. The number of carbonyl (C=O) groups excluding carboxylic acids is 1. The van der Waals surface area contributed by atoms with Crippen molar-refractivity contribution in [2.45, 2.75) is 83.1 Å². The quantitative estimate of drug-likeness (QED) is 0.847. The number of ether oxygens (including phenoxy) is 2. The molecule has 150 valence electrons. The summed E-state index contributed by atoms with van der Waals surface area (Å²) in [4.78, 5) is 14.5. The number of piperidine rings is 2. The molecule has 2 aliphatic rings. The molecular weight excluding hydrogens is 349 g/mol. The van der Waals surface area contributed by atoms with Gasteiger partial charge in [-0.2, -0.15) is 0 Å². The van der Waals surface area contributed by atoms with E-state index in [2.05, 4.69) is 0 Å². The molecule has 1 amide bonds. The van der Waals surface area contributed by atoms with E-state index in [1.807, 2.05) is 27.7 Å². The molecule has 0 radical (unpaired) electrons. The highest BCUT2D eigenvalue weighted by Gasteiger charge is 2.49. The van der Waals surface area contributed by atoms with Crippen LogP contribution in [0.5, 0.6) is 5.75 Å². The number of rotatable bonds is 3. The molecule has 0 saturated carbocycles. The molecule has 2 aliphatic heterocycles. The first kappa shape index (κ1) is 19.9. The molecule has 2 fully saturated rings. The maximum atomic E-state index is 14.1. The third kappa shape index (κ3) is 4.37. The van der Waals surface area contributed by atoms with E-state index >= 15 is 0 Å². The van der Waals surface area contributed by atoms with Gasteiger partial charge in [-0.05, 0) is 64.7 Å². The van der Waals surface area contributed by atoms with E-state index in [9.17, 15) is 14.3 Å². The van der Waals surface area contributed by atoms with Gasteiger partial charge < -0.3 is 19.5 Å². The topological polar surface area (TPSA) is 59.0 Å². The van der Waals surface area contributed by atoms with Gasteiger partial charge in [0.05, 0.1) is 12.2 Å². The van der Waals surface area contributed by atoms with Gasteiger partial charge in [0.1, 0.15) is 17.2 Å². The van der Waals surface area contributed by atoms with E-state index in [-0.39, 0.29) is 18.2 Å². The first-order chi connectivity index (χ1) is 12.6. The third-order valence-electron chi connectivity index (χ3n) is 5.33. The summed E-state index contributed by atoms with van der Waals surface area (Å²) in [6.07, 6.45) is 3.05. The average Bonchev–Trinajstić information content (AvgIpc) is 2.52. The molecule has 1 aromatic rings. The van der Waals surface area contributed by atoms with Crippen LogP contribution in [0.4, 0.5) is 9.18 Å². The van der Waals surface area contributed by atoms with Gasteiger partial charge in [0.25, 0.3) is 0 Å². The molecule has 2 unspecified atom stereocenters. The highest BCUT2D eigenvalue weighted by molar-refractivity contribution is 5.69. The molecular formula is C21H30FNO4. The second kappa shape index (κ2) is 7.30. The van der Waals surface area contributed by atoms with Crippen molar-refractivity contribution in [3.05, 3.63) is 29.6 Å². The van der Waals surface area contributed by atoms with Crippen LogP contribution >= 0.6 is 0 Å². The fourth-order valence-electron chi connectivity index (χ4n) is 4.36. The molecule has 0 aliphatic carbocycles. The first-order valence-corrected chi connectivity index (χ1v) is 9.79. The summed E-state index contributed by atoms with van der Waals surface area (Å²) in [5.74, 6) is -0.00948. The lowest BCUT2D eigenvalue weighted by atomic mass is 9.72. The van der Waals surface area contributed by atoms with Gasteiger partial charge in [-0.3, -0.25) is 0 Å². The summed E-state index contributed by atoms with van der Waals surface area (Å²) in [6.45, 7) is 7.82. The van der Waals surface area contributed by atoms with Crippen molar-refractivity contribution < 1.29 is 23.8 Å². The van der Waals surface area contributed by atoms with E-state index in [0.29, 0.717) is 30.8 Å². The Hall–Kier alpha value is -1.82. The Bertz CT molecular complexity index is 686. The van der Waals surface area contributed by atoms with Crippen LogP contribution in [0.15, 0.2) is 18.2 Å². The predicted molar refractivity (Wildman–Crippen MR) is 100 cm³/mol. The first-order valence-electron chi connectivity index (χ1n) is 9.79. The monoisotopic (exact) mass is 379 g/mol. The molecule has 2 atom stereocenters. The van der Waals surface area contributed by atoms with Gasteiger partial charge in [0.2, 0.25) is 0 Å². The van der Waals surface area contributed by atoms with Crippen molar-refractivity contribution in [3.8, 4) is 5.75 Å². The number of hydrogen-bond acceptors (Lipinski definition) is 4. The normalized spacial score (nSPS) is 28.0. The van der Waals surface area contributed by atoms with Gasteiger partial charge >= 0.3 is 6.09 Å². The van der Waals surface area contributed by atoms with Gasteiger partial charge in [0, 0.05) is 31.0 Å². The van der Waals surface area contributed by atoms with Crippen molar-refractivity contribution in [2.24, 2.45) is 0 Å². The van der Waals surface area contributed by atoms with Crippen molar-refractivity contribution in [1.82, 2.24) is 4.90 Å². The largest absolute Gasteiger partial charge is 0.494 e. The summed E-state index contributed by atoms with van der Waals surface area (Å²) < 4.78 is 25.1. The lowest BCUT2D eigenvalue weighted by Gasteiger charge is -2.51. The minimum absolute atomic E-state index is 0.115. The Morgan fingerprint density at radius 2 is 1.89 bits per heavy atom. The number of carbonyl (C=O) groups is 1. The summed E-state index contributed by atoms with van der Waals surface area (Å²) in [5.41, 5.74) is -1.22. The SMILES string of the molecule is CCOc1cc(F)cc(C2(O)CC3CCCC(C2)N3C(=O)OC(C)(C)C)c1. The number of amides is 1. The molecule has 1 aromatic carbocycles. The van der Waals surface area contributed by atoms with E-state index in [0.717, 1.165) is 19.3 Å². The van der Waals surface area contributed by atoms with Crippen LogP contribution < -0.4 is 4.74 Å². The Morgan fingerprint density at radius 3 is 2.44 bits per heavy atom. The zero-order valence-corrected chi connectivity index (χ0v) is 16.6. The fraction of sp³-hybridized carbons (Fsp3) is 0.667. The van der Waals surface area contributed by atoms with Crippen LogP contribution in [0, 0.1) is 5.82 Å². The van der Waals surface area contributed by atoms with Gasteiger partial charge in [-0.25, -0.2) is 9.18 Å². The lowest BCUT2D eigenvalue weighted by molar-refractivity contribution is -0.0967. The smallest absolute Gasteiger partial charge is 0.410 e. The average molecular weight is 379 g/mol. The zero-order valence-electron chi connectivity index (χ0n) is 16.6. The van der Waals surface area contributed by atoms with Crippen LogP contribution in [0.2, 0.25) is 0 Å². The molecule has 0 spiro atoms. The predicted octanol–water partition coefficient (Wildman–Crippen LogP) is 4.36. The second-order valence-corrected chi connectivity index (χ2v) is 8.67. The Kier molecular flexibility index (Phi) is 5.39. The van der Waals surface area contributed by atoms with Crippen LogP contribution in [-0.4, -0.2) is 40.4 Å². The summed E-state index contributed by atoms with van der Waals surface area (Å²) in [5, 5.41) is 11.4. The number of fused-ring (bicyclic) bond motifs is 2. The standard InChI is InChI=1S/C21H30FNO4/c1-5-26-18-10-14(9-15(22)11-18)21(25)12-16-7-6-8-17(13-21)23(16)19(24)27-20(2,3)4/h9-11,16-17,25H,5-8,12-13H2,1-4H3. The van der Waals surface area contributed by atoms with Crippen LogP contribution in [-0.2, 0) is 10.3 Å². The highest BCUT2D eigenvalue weighted by atomic mass is 19.1. The van der Waals surface area contributed by atoms with E-state index in [1.54, 1.807) is 11.0 Å². The maximum Gasteiger partial charge on any atom is 0.410 e. The van der Waals surface area contributed by atoms with Gasteiger partial charge in [0.15, 0.2) is 0 Å². The molecule has 1 N–H and O–H groups in total. The zero-order chi connectivity index (χ0) is 19.8. The highest BCUT2D eigenvalue weighted by Crippen LogP contribution is 2.45. The molecule has 2 bridgehead atoms. The van der Waals surface area contributed by atoms with Crippen molar-refractivity contribution >= 4 is 6.09 Å². The molecule has 2 heterocycles. The van der Waals surface area contributed by atoms with E-state index in [1.165, 1.54) is 12.1 Å². The number of nitrogens with zero attached hydrogens (tertiary/aromatic N) is 1. The Morgan fingerprint density at radius 1 is 1.26 bits per heavy atom. The summed E-state index contributed by atoms with van der Waals surface area (Å²) >= 11 is 0. The van der Waals surface area contributed by atoms with E-state index < -0.39 is 17.0 Å². The van der Waals surface area contributed by atoms with Gasteiger partial charge in [-0.1, -0.05) is 0 Å². The Balaban J connectivity index is 1.86. The van der Waals surface area contributed by atoms with Crippen LogP contribution in [0.3, 0.4) is 0 Å². The Labute approximate surface area is 160 Å². The molecule has 0 aromatic heterocycles. The molecule has 3 rings (SSSR count). The van der Waals surface area contributed by atoms with Crippen LogP contribution in [0.25, 0.3) is 0 Å². The maximum absolute atomic E-state index is 14.1. The number of halogens is 1. The molecule has 27 heavy (non-hydrogen) atoms. The van der Waals surface area contributed by atoms with Gasteiger partial charge in [-0.15, -0.1) is 0 Å². The minimum atomic E-state index is -1.18. The van der Waals surface area contributed by atoms with Crippen molar-refractivity contribution in [1.29, 1.82) is 0 Å². The summed E-state index contributed by atoms with van der Waals surface area (Å²) in [6, 6.07) is 4.19. The number of hydrogen-bond donors (Lipinski definition) is 1. The molecule has 5 nitrogen and oxygen atoms in total. The minimum Gasteiger partial charge on any atom is -0.494 e. The van der Waals surface area contributed by atoms with Crippen molar-refractivity contribution in [3.63, 3.8) is 0 Å². The summed E-state index contributed by atoms with van der Waals surface area (Å²) in [7, 11) is 0. The lowest BCUT2D eigenvalue weighted by Crippen LogP contribution is -2.59.